The highest BCUT2D eigenvalue weighted by molar-refractivity contribution is 7.10. The summed E-state index contributed by atoms with van der Waals surface area (Å²) in [5.41, 5.74) is 7.79. The number of epoxide rings is 1. The molecule has 144 valence electrons. The summed E-state index contributed by atoms with van der Waals surface area (Å²) >= 11 is 1.48. The second-order valence-corrected chi connectivity index (χ2v) is 10.0. The molecule has 1 aliphatic carbocycles. The van der Waals surface area contributed by atoms with E-state index in [0.717, 1.165) is 36.9 Å². The fraction of sp³-hybridized carbons (Fsp3) is 0.545. The van der Waals surface area contributed by atoms with Gasteiger partial charge in [0.1, 0.15) is 10.6 Å². The molecule has 1 atom stereocenters. The van der Waals surface area contributed by atoms with Crippen molar-refractivity contribution in [1.29, 1.82) is 0 Å². The standard InChI is InChI=1S/C22H28N2O2S/c1-14-5-7-15(8-6-14)17-13-27-19(24-17)22(18(23)25)21(26-22)11-9-16(10-12-21)20(2,3)4/h5-8,13,16H,9-12H2,1-4H3,(H2,23,25). The zero-order valence-corrected chi connectivity index (χ0v) is 17.4. The SMILES string of the molecule is Cc1ccc(-c2csc(C3(C(N)=O)OC34CCC(C(C)(C)C)CC4)n2)cc1. The Bertz CT molecular complexity index is 857. The molecule has 1 aliphatic heterocycles. The van der Waals surface area contributed by atoms with Crippen molar-refractivity contribution in [3.05, 3.63) is 40.2 Å². The Hall–Kier alpha value is -1.72. The lowest BCUT2D eigenvalue weighted by Gasteiger charge is -2.36. The molecule has 1 saturated heterocycles. The van der Waals surface area contributed by atoms with Crippen LogP contribution in [0.15, 0.2) is 29.6 Å². The third-order valence-corrected chi connectivity index (χ3v) is 7.41. The van der Waals surface area contributed by atoms with E-state index in [1.54, 1.807) is 0 Å². The van der Waals surface area contributed by atoms with E-state index in [4.69, 9.17) is 15.5 Å². The summed E-state index contributed by atoms with van der Waals surface area (Å²) in [6.45, 7) is 8.94. The first-order valence-corrected chi connectivity index (χ1v) is 10.6. The van der Waals surface area contributed by atoms with Gasteiger partial charge in [-0.1, -0.05) is 50.6 Å². The Kier molecular flexibility index (Phi) is 4.24. The zero-order valence-electron chi connectivity index (χ0n) is 16.5. The molecule has 5 heteroatoms. The number of thiazole rings is 1. The van der Waals surface area contributed by atoms with Gasteiger partial charge >= 0.3 is 0 Å². The highest BCUT2D eigenvalue weighted by atomic mass is 32.1. The van der Waals surface area contributed by atoms with E-state index >= 15 is 0 Å². The molecule has 1 amide bonds. The summed E-state index contributed by atoms with van der Waals surface area (Å²) in [6, 6.07) is 8.26. The molecule has 2 N–H and O–H groups in total. The van der Waals surface area contributed by atoms with Gasteiger partial charge in [-0.25, -0.2) is 4.98 Å². The number of primary amides is 1. The molecule has 1 spiro atoms. The summed E-state index contributed by atoms with van der Waals surface area (Å²) in [5, 5.41) is 2.71. The van der Waals surface area contributed by atoms with Crippen LogP contribution >= 0.6 is 11.3 Å². The molecular formula is C22H28N2O2S. The molecule has 1 saturated carbocycles. The number of carbonyl (C=O) groups excluding carboxylic acids is 1. The van der Waals surface area contributed by atoms with Gasteiger partial charge in [-0.05, 0) is 43.9 Å². The summed E-state index contributed by atoms with van der Waals surface area (Å²) in [6.07, 6.45) is 3.87. The number of aryl methyl sites for hydroxylation is 1. The van der Waals surface area contributed by atoms with Crippen molar-refractivity contribution >= 4 is 17.2 Å². The van der Waals surface area contributed by atoms with E-state index in [1.807, 2.05) is 5.38 Å². The van der Waals surface area contributed by atoms with Crippen LogP contribution in [0.3, 0.4) is 0 Å². The molecular weight excluding hydrogens is 356 g/mol. The van der Waals surface area contributed by atoms with Crippen molar-refractivity contribution in [2.45, 2.75) is 64.6 Å². The summed E-state index contributed by atoms with van der Waals surface area (Å²) in [7, 11) is 0. The van der Waals surface area contributed by atoms with Gasteiger partial charge in [-0.15, -0.1) is 11.3 Å². The number of hydrogen-bond donors (Lipinski definition) is 1. The van der Waals surface area contributed by atoms with E-state index in [-0.39, 0.29) is 5.41 Å². The Morgan fingerprint density at radius 3 is 2.41 bits per heavy atom. The van der Waals surface area contributed by atoms with Crippen molar-refractivity contribution in [2.24, 2.45) is 17.1 Å². The second kappa shape index (κ2) is 6.14. The molecule has 1 aromatic carbocycles. The lowest BCUT2D eigenvalue weighted by Crippen LogP contribution is -2.40. The van der Waals surface area contributed by atoms with Gasteiger partial charge in [0.05, 0.1) is 5.69 Å². The average Bonchev–Trinajstić information content (AvgIpc) is 3.00. The third kappa shape index (κ3) is 2.92. The van der Waals surface area contributed by atoms with Crippen LogP contribution in [0.1, 0.15) is 57.0 Å². The number of ether oxygens (including phenoxy) is 1. The molecule has 4 rings (SSSR count). The Morgan fingerprint density at radius 2 is 1.85 bits per heavy atom. The van der Waals surface area contributed by atoms with Crippen molar-refractivity contribution < 1.29 is 9.53 Å². The van der Waals surface area contributed by atoms with Crippen molar-refractivity contribution in [3.8, 4) is 11.3 Å². The quantitative estimate of drug-likeness (QED) is 0.773. The smallest absolute Gasteiger partial charge is 0.259 e. The third-order valence-electron chi connectivity index (χ3n) is 6.47. The molecule has 0 radical (unpaired) electrons. The number of benzene rings is 1. The van der Waals surface area contributed by atoms with Crippen LogP contribution in [0.2, 0.25) is 0 Å². The van der Waals surface area contributed by atoms with Gasteiger partial charge in [0.2, 0.25) is 5.60 Å². The number of nitrogens with zero attached hydrogens (tertiary/aromatic N) is 1. The zero-order chi connectivity index (χ0) is 19.4. The van der Waals surface area contributed by atoms with E-state index < -0.39 is 17.1 Å². The Morgan fingerprint density at radius 1 is 1.22 bits per heavy atom. The number of nitrogens with two attached hydrogens (primary N) is 1. The lowest BCUT2D eigenvalue weighted by molar-refractivity contribution is -0.123. The summed E-state index contributed by atoms with van der Waals surface area (Å²) < 4.78 is 6.18. The van der Waals surface area contributed by atoms with E-state index in [9.17, 15) is 4.79 Å². The first kappa shape index (κ1) is 18.6. The van der Waals surface area contributed by atoms with E-state index in [0.29, 0.717) is 10.9 Å². The molecule has 4 nitrogen and oxygen atoms in total. The molecule has 1 unspecified atom stereocenters. The number of amides is 1. The van der Waals surface area contributed by atoms with Gasteiger partial charge in [0.25, 0.3) is 5.91 Å². The molecule has 2 aliphatic rings. The topological polar surface area (TPSA) is 68.5 Å². The maximum atomic E-state index is 12.5. The van der Waals surface area contributed by atoms with Crippen LogP contribution in [0.25, 0.3) is 11.3 Å². The minimum absolute atomic E-state index is 0.283. The van der Waals surface area contributed by atoms with Crippen LogP contribution in [0.5, 0.6) is 0 Å². The first-order chi connectivity index (χ1) is 12.7. The molecule has 2 fully saturated rings. The largest absolute Gasteiger partial charge is 0.367 e. The fourth-order valence-electron chi connectivity index (χ4n) is 4.58. The van der Waals surface area contributed by atoms with Gasteiger partial charge < -0.3 is 10.5 Å². The first-order valence-electron chi connectivity index (χ1n) is 9.71. The number of rotatable bonds is 3. The number of hydrogen-bond acceptors (Lipinski definition) is 4. The van der Waals surface area contributed by atoms with Crippen LogP contribution in [-0.4, -0.2) is 16.5 Å². The van der Waals surface area contributed by atoms with Crippen molar-refractivity contribution in [2.75, 3.05) is 0 Å². The normalized spacial score (nSPS) is 30.4. The summed E-state index contributed by atoms with van der Waals surface area (Å²) in [4.78, 5) is 17.3. The highest BCUT2D eigenvalue weighted by Gasteiger charge is 2.76. The van der Waals surface area contributed by atoms with Gasteiger partial charge in [0, 0.05) is 10.9 Å². The highest BCUT2D eigenvalue weighted by Crippen LogP contribution is 2.64. The van der Waals surface area contributed by atoms with Crippen LogP contribution in [-0.2, 0) is 15.1 Å². The minimum atomic E-state index is -1.04. The fourth-order valence-corrected chi connectivity index (χ4v) is 5.64. The predicted octanol–water partition coefficient (Wildman–Crippen LogP) is 4.80. The van der Waals surface area contributed by atoms with Crippen LogP contribution in [0, 0.1) is 18.3 Å². The van der Waals surface area contributed by atoms with E-state index in [2.05, 4.69) is 52.0 Å². The number of carbonyl (C=O) groups is 1. The van der Waals surface area contributed by atoms with Gasteiger partial charge in [0.15, 0.2) is 0 Å². The Balaban J connectivity index is 1.60. The van der Waals surface area contributed by atoms with Crippen molar-refractivity contribution in [3.63, 3.8) is 0 Å². The predicted molar refractivity (Wildman–Crippen MR) is 108 cm³/mol. The second-order valence-electron chi connectivity index (χ2n) is 9.19. The van der Waals surface area contributed by atoms with Crippen molar-refractivity contribution in [1.82, 2.24) is 4.98 Å². The van der Waals surface area contributed by atoms with Gasteiger partial charge in [-0.2, -0.15) is 0 Å². The molecule has 27 heavy (non-hydrogen) atoms. The Labute approximate surface area is 165 Å². The maximum Gasteiger partial charge on any atom is 0.259 e. The minimum Gasteiger partial charge on any atom is -0.367 e. The molecule has 2 aromatic rings. The molecule has 1 aromatic heterocycles. The average molecular weight is 385 g/mol. The summed E-state index contributed by atoms with van der Waals surface area (Å²) in [5.74, 6) is 0.249. The van der Waals surface area contributed by atoms with E-state index in [1.165, 1.54) is 16.9 Å². The molecule has 0 bridgehead atoms. The number of aromatic nitrogens is 1. The monoisotopic (exact) mass is 384 g/mol. The van der Waals surface area contributed by atoms with Crippen LogP contribution in [0.4, 0.5) is 0 Å². The lowest BCUT2D eigenvalue weighted by atomic mass is 9.67. The van der Waals surface area contributed by atoms with Gasteiger partial charge in [-0.3, -0.25) is 4.79 Å². The maximum absolute atomic E-state index is 12.5. The van der Waals surface area contributed by atoms with Crippen LogP contribution < -0.4 is 5.73 Å². The molecule has 2 heterocycles.